The molecule has 0 aliphatic carbocycles. The molecule has 0 aromatic heterocycles. The third kappa shape index (κ3) is 4.61. The summed E-state index contributed by atoms with van der Waals surface area (Å²) in [7, 11) is 0. The van der Waals surface area contributed by atoms with Gasteiger partial charge < -0.3 is 20.3 Å². The minimum Gasteiger partial charge on any atom is -0.422 e. The summed E-state index contributed by atoms with van der Waals surface area (Å²) in [5.41, 5.74) is 0.697. The van der Waals surface area contributed by atoms with Crippen LogP contribution in [0, 0.1) is 0 Å². The van der Waals surface area contributed by atoms with Crippen molar-refractivity contribution in [1.29, 1.82) is 0 Å². The second-order valence-electron chi connectivity index (χ2n) is 7.88. The molecule has 32 heavy (non-hydrogen) atoms. The summed E-state index contributed by atoms with van der Waals surface area (Å²) in [6.45, 7) is 1.83. The summed E-state index contributed by atoms with van der Waals surface area (Å²) in [5, 5.41) is 26.2. The van der Waals surface area contributed by atoms with E-state index in [-0.39, 0.29) is 25.6 Å². The van der Waals surface area contributed by atoms with Crippen molar-refractivity contribution in [3.8, 4) is 5.75 Å². The van der Waals surface area contributed by atoms with Crippen LogP contribution in [0.15, 0.2) is 78.9 Å². The normalized spacial score (nSPS) is 11.3. The zero-order valence-electron chi connectivity index (χ0n) is 17.7. The van der Waals surface area contributed by atoms with Crippen LogP contribution in [0.25, 0.3) is 21.5 Å². The first-order valence-corrected chi connectivity index (χ1v) is 10.2. The predicted octanol–water partition coefficient (Wildman–Crippen LogP) is 4.47. The monoisotopic (exact) mass is 451 g/mol. The van der Waals surface area contributed by atoms with Crippen molar-refractivity contribution in [3.63, 3.8) is 0 Å². The third-order valence-corrected chi connectivity index (χ3v) is 5.59. The van der Waals surface area contributed by atoms with Crippen molar-refractivity contribution in [2.45, 2.75) is 19.0 Å². The highest BCUT2D eigenvalue weighted by molar-refractivity contribution is 6.10. The molecule has 0 fully saturated rings. The summed E-state index contributed by atoms with van der Waals surface area (Å²) in [6.07, 6.45) is 0. The maximum Gasteiger partial charge on any atom is 0.343 e. The van der Waals surface area contributed by atoms with Crippen LogP contribution in [-0.2, 0) is 6.54 Å². The standard InChI is InChI=1S/C26H25NO4.ClH/c1-26(16-28,17-29)27-15-23-19-11-5-7-13-21(19)24(22-14-8-6-12-20(22)23)31-25(30)18-9-3-2-4-10-18;/h2-14,27-29H,15-17H2,1H3;1H. The van der Waals surface area contributed by atoms with Gasteiger partial charge in [-0.1, -0.05) is 66.7 Å². The van der Waals surface area contributed by atoms with E-state index in [4.69, 9.17) is 4.74 Å². The van der Waals surface area contributed by atoms with E-state index in [9.17, 15) is 15.0 Å². The summed E-state index contributed by atoms with van der Waals surface area (Å²) in [4.78, 5) is 12.8. The van der Waals surface area contributed by atoms with E-state index in [2.05, 4.69) is 5.32 Å². The highest BCUT2D eigenvalue weighted by atomic mass is 35.5. The molecule has 0 bridgehead atoms. The van der Waals surface area contributed by atoms with Gasteiger partial charge in [0.2, 0.25) is 0 Å². The fourth-order valence-corrected chi connectivity index (χ4v) is 3.67. The quantitative estimate of drug-likeness (QED) is 0.219. The Hall–Kier alpha value is -2.96. The van der Waals surface area contributed by atoms with Gasteiger partial charge in [-0.05, 0) is 35.4 Å². The van der Waals surface area contributed by atoms with Gasteiger partial charge in [-0.3, -0.25) is 0 Å². The molecule has 0 heterocycles. The summed E-state index contributed by atoms with van der Waals surface area (Å²) < 4.78 is 5.93. The molecule has 0 saturated heterocycles. The van der Waals surface area contributed by atoms with Crippen molar-refractivity contribution in [1.82, 2.24) is 5.32 Å². The minimum absolute atomic E-state index is 0. The minimum atomic E-state index is -0.805. The van der Waals surface area contributed by atoms with Gasteiger partial charge in [-0.25, -0.2) is 4.79 Å². The van der Waals surface area contributed by atoms with Crippen molar-refractivity contribution in [2.24, 2.45) is 0 Å². The number of aliphatic hydroxyl groups excluding tert-OH is 2. The maximum atomic E-state index is 12.8. The highest BCUT2D eigenvalue weighted by Gasteiger charge is 2.23. The molecule has 0 saturated carbocycles. The van der Waals surface area contributed by atoms with Gasteiger partial charge >= 0.3 is 5.97 Å². The number of fused-ring (bicyclic) bond motifs is 2. The smallest absolute Gasteiger partial charge is 0.343 e. The highest BCUT2D eigenvalue weighted by Crippen LogP contribution is 2.38. The zero-order chi connectivity index (χ0) is 21.8. The molecule has 0 amide bonds. The average Bonchev–Trinajstić information content (AvgIpc) is 2.83. The number of aliphatic hydroxyl groups is 2. The Bertz CT molecular complexity index is 1170. The molecule has 0 radical (unpaired) electrons. The fraction of sp³-hybridized carbons (Fsp3) is 0.192. The molecule has 4 rings (SSSR count). The third-order valence-electron chi connectivity index (χ3n) is 5.59. The van der Waals surface area contributed by atoms with Crippen molar-refractivity contribution in [3.05, 3.63) is 90.0 Å². The summed E-state index contributed by atoms with van der Waals surface area (Å²) in [5.74, 6) is 0.116. The lowest BCUT2D eigenvalue weighted by atomic mass is 9.94. The molecule has 4 aromatic rings. The molecule has 0 spiro atoms. The van der Waals surface area contributed by atoms with E-state index in [1.807, 2.05) is 54.6 Å². The number of ether oxygens (including phenoxy) is 1. The molecule has 3 N–H and O–H groups in total. The van der Waals surface area contributed by atoms with Crippen LogP contribution in [0.2, 0.25) is 0 Å². The number of carbonyl (C=O) groups is 1. The number of nitrogens with one attached hydrogen (secondary N) is 1. The predicted molar refractivity (Wildman–Crippen MR) is 130 cm³/mol. The summed E-state index contributed by atoms with van der Waals surface area (Å²) >= 11 is 0. The van der Waals surface area contributed by atoms with Crippen molar-refractivity contribution in [2.75, 3.05) is 13.2 Å². The van der Waals surface area contributed by atoms with Crippen molar-refractivity contribution >= 4 is 39.9 Å². The van der Waals surface area contributed by atoms with Gasteiger partial charge in [0.25, 0.3) is 0 Å². The average molecular weight is 452 g/mol. The number of esters is 1. The van der Waals surface area contributed by atoms with Crippen LogP contribution in [0.3, 0.4) is 0 Å². The van der Waals surface area contributed by atoms with Gasteiger partial charge in [0.1, 0.15) is 5.75 Å². The van der Waals surface area contributed by atoms with E-state index in [1.54, 1.807) is 31.2 Å². The van der Waals surface area contributed by atoms with Crippen LogP contribution < -0.4 is 10.1 Å². The van der Waals surface area contributed by atoms with E-state index in [1.165, 1.54) is 0 Å². The SMILES string of the molecule is CC(CO)(CO)NCc1c2ccccc2c(OC(=O)c2ccccc2)c2ccccc12.Cl. The number of hydrogen-bond donors (Lipinski definition) is 3. The van der Waals surface area contributed by atoms with Crippen LogP contribution in [0.4, 0.5) is 0 Å². The largest absolute Gasteiger partial charge is 0.422 e. The fourth-order valence-electron chi connectivity index (χ4n) is 3.67. The van der Waals surface area contributed by atoms with E-state index < -0.39 is 11.5 Å². The molecule has 166 valence electrons. The first-order valence-electron chi connectivity index (χ1n) is 10.2. The van der Waals surface area contributed by atoms with Gasteiger partial charge in [0.05, 0.1) is 24.3 Å². The van der Waals surface area contributed by atoms with Gasteiger partial charge in [-0.2, -0.15) is 0 Å². The first kappa shape index (κ1) is 23.7. The van der Waals surface area contributed by atoms with E-state index in [0.29, 0.717) is 17.9 Å². The zero-order valence-corrected chi connectivity index (χ0v) is 18.6. The number of rotatable bonds is 7. The number of halogens is 1. The maximum absolute atomic E-state index is 12.8. The molecule has 0 unspecified atom stereocenters. The lowest BCUT2D eigenvalue weighted by Crippen LogP contribution is -2.48. The Morgan fingerprint density at radius 1 is 0.812 bits per heavy atom. The molecular weight excluding hydrogens is 426 g/mol. The Labute approximate surface area is 193 Å². The van der Waals surface area contributed by atoms with E-state index >= 15 is 0 Å². The molecule has 5 nitrogen and oxygen atoms in total. The molecule has 0 atom stereocenters. The number of carbonyl (C=O) groups excluding carboxylic acids is 1. The second kappa shape index (κ2) is 10.1. The van der Waals surface area contributed by atoms with E-state index in [0.717, 1.165) is 27.1 Å². The topological polar surface area (TPSA) is 78.8 Å². The molecule has 0 aliphatic rings. The molecular formula is C26H26ClNO4. The number of benzene rings is 4. The Morgan fingerprint density at radius 3 is 1.78 bits per heavy atom. The van der Waals surface area contributed by atoms with Crippen molar-refractivity contribution < 1.29 is 19.7 Å². The first-order chi connectivity index (χ1) is 15.1. The second-order valence-corrected chi connectivity index (χ2v) is 7.88. The Kier molecular flexibility index (Phi) is 7.48. The van der Waals surface area contributed by atoms with Crippen LogP contribution in [0.5, 0.6) is 5.75 Å². The molecule has 0 aliphatic heterocycles. The van der Waals surface area contributed by atoms with Gasteiger partial charge in [0, 0.05) is 17.3 Å². The van der Waals surface area contributed by atoms with Crippen LogP contribution in [0.1, 0.15) is 22.8 Å². The summed E-state index contributed by atoms with van der Waals surface area (Å²) in [6, 6.07) is 24.5. The van der Waals surface area contributed by atoms with Crippen LogP contribution in [-0.4, -0.2) is 34.9 Å². The van der Waals surface area contributed by atoms with Gasteiger partial charge in [0.15, 0.2) is 0 Å². The molecule has 4 aromatic carbocycles. The lowest BCUT2D eigenvalue weighted by Gasteiger charge is -2.27. The van der Waals surface area contributed by atoms with Crippen LogP contribution >= 0.6 is 12.4 Å². The number of hydrogen-bond acceptors (Lipinski definition) is 5. The Morgan fingerprint density at radius 2 is 1.28 bits per heavy atom. The Balaban J connectivity index is 0.00000289. The lowest BCUT2D eigenvalue weighted by molar-refractivity contribution is 0.0739. The van der Waals surface area contributed by atoms with Gasteiger partial charge in [-0.15, -0.1) is 12.4 Å². The molecule has 6 heteroatoms.